The van der Waals surface area contributed by atoms with E-state index in [2.05, 4.69) is 6.58 Å². The molecule has 0 saturated heterocycles. The first-order chi connectivity index (χ1) is 13.4. The molecule has 0 aliphatic heterocycles. The molecule has 3 aromatic carbocycles. The van der Waals surface area contributed by atoms with Crippen LogP contribution in [-0.2, 0) is 5.22 Å². The van der Waals surface area contributed by atoms with E-state index in [4.69, 9.17) is 56.9 Å². The molecule has 0 fully saturated rings. The highest BCUT2D eigenvalue weighted by molar-refractivity contribution is 6.47. The molecular weight excluding hydrogens is 452 g/mol. The Balaban J connectivity index is 2.24. The summed E-state index contributed by atoms with van der Waals surface area (Å²) < 4.78 is 6.54. The highest BCUT2D eigenvalue weighted by Crippen LogP contribution is 2.39. The Morgan fingerprint density at radius 1 is 0.786 bits per heavy atom. The summed E-state index contributed by atoms with van der Waals surface area (Å²) in [6, 6.07) is 18.0. The second kappa shape index (κ2) is 8.81. The maximum Gasteiger partial charge on any atom is 0.145 e. The molecule has 0 spiro atoms. The number of hydrogen-bond donors (Lipinski definition) is 1. The van der Waals surface area contributed by atoms with Crippen molar-refractivity contribution in [3.8, 4) is 5.75 Å². The average molecular weight is 467 g/mol. The Morgan fingerprint density at radius 3 is 1.71 bits per heavy atom. The maximum absolute atomic E-state index is 6.54. The number of nitrogen functional groups attached to an aromatic ring is 1. The molecule has 0 heterocycles. The number of anilines is 1. The van der Waals surface area contributed by atoms with Gasteiger partial charge in [0.25, 0.3) is 0 Å². The fourth-order valence-electron chi connectivity index (χ4n) is 2.77. The van der Waals surface area contributed by atoms with Crippen LogP contribution in [-0.4, -0.2) is 9.52 Å². The molecule has 2 N–H and O–H groups in total. The Bertz CT molecular complexity index is 956. The van der Waals surface area contributed by atoms with Crippen molar-refractivity contribution in [2.24, 2.45) is 0 Å². The zero-order valence-electron chi connectivity index (χ0n) is 14.6. The van der Waals surface area contributed by atoms with Crippen molar-refractivity contribution in [1.29, 1.82) is 0 Å². The van der Waals surface area contributed by atoms with Gasteiger partial charge in [0, 0.05) is 5.69 Å². The molecule has 0 amide bonds. The molecule has 2 nitrogen and oxygen atoms in total. The first-order valence-electron chi connectivity index (χ1n) is 8.20. The molecular formula is C21H15Cl4NOSi. The molecule has 0 unspecified atom stereocenters. The lowest BCUT2D eigenvalue weighted by atomic mass is 10.00. The fourth-order valence-corrected chi connectivity index (χ4v) is 4.47. The summed E-state index contributed by atoms with van der Waals surface area (Å²) in [6.07, 6.45) is 0. The number of halogens is 4. The first kappa shape index (κ1) is 21.1. The molecule has 0 saturated carbocycles. The molecule has 2 radical (unpaired) electrons. The third kappa shape index (κ3) is 4.34. The summed E-state index contributed by atoms with van der Waals surface area (Å²) in [5.41, 5.74) is 9.89. The van der Waals surface area contributed by atoms with Gasteiger partial charge in [-0.25, -0.2) is 0 Å². The number of ether oxygens (including phenoxy) is 1. The fraction of sp³-hybridized carbons (Fsp3) is 0.0476. The SMILES string of the molecule is C=C[Si]C(Oc1ccc(N)cc1)(c1ccc(Cl)c(Cl)c1)c1ccc(Cl)c(Cl)c1. The number of hydrogen-bond acceptors (Lipinski definition) is 2. The minimum absolute atomic E-state index is 0.147. The van der Waals surface area contributed by atoms with Gasteiger partial charge in [0.05, 0.1) is 20.1 Å². The van der Waals surface area contributed by atoms with Gasteiger partial charge >= 0.3 is 0 Å². The van der Waals surface area contributed by atoms with Crippen LogP contribution in [0.4, 0.5) is 5.69 Å². The summed E-state index contributed by atoms with van der Waals surface area (Å²) in [7, 11) is 0.147. The second-order valence-corrected chi connectivity index (χ2v) is 8.99. The van der Waals surface area contributed by atoms with Gasteiger partial charge < -0.3 is 10.5 Å². The zero-order chi connectivity index (χ0) is 20.3. The minimum Gasteiger partial charge on any atom is -0.482 e. The van der Waals surface area contributed by atoms with E-state index in [0.29, 0.717) is 31.5 Å². The van der Waals surface area contributed by atoms with Gasteiger partial charge in [0.2, 0.25) is 0 Å². The van der Waals surface area contributed by atoms with Gasteiger partial charge in [-0.2, -0.15) is 0 Å². The van der Waals surface area contributed by atoms with Crippen molar-refractivity contribution in [3.63, 3.8) is 0 Å². The normalized spacial score (nSPS) is 11.3. The molecule has 0 atom stereocenters. The summed E-state index contributed by atoms with van der Waals surface area (Å²) in [6.45, 7) is 3.93. The number of benzene rings is 3. The molecule has 7 heteroatoms. The van der Waals surface area contributed by atoms with Crippen LogP contribution in [0, 0.1) is 0 Å². The summed E-state index contributed by atoms with van der Waals surface area (Å²) in [4.78, 5) is 0. The summed E-state index contributed by atoms with van der Waals surface area (Å²) in [5.74, 6) is 0.640. The van der Waals surface area contributed by atoms with E-state index >= 15 is 0 Å². The van der Waals surface area contributed by atoms with Gasteiger partial charge in [0.1, 0.15) is 20.5 Å². The second-order valence-electron chi connectivity index (χ2n) is 5.96. The van der Waals surface area contributed by atoms with E-state index in [0.717, 1.165) is 11.1 Å². The molecule has 0 aliphatic carbocycles. The van der Waals surface area contributed by atoms with Gasteiger partial charge in [-0.15, -0.1) is 12.3 Å². The smallest absolute Gasteiger partial charge is 0.145 e. The third-order valence-corrected chi connectivity index (χ3v) is 6.88. The summed E-state index contributed by atoms with van der Waals surface area (Å²) >= 11 is 24.9. The first-order valence-corrected chi connectivity index (χ1v) is 10.8. The molecule has 28 heavy (non-hydrogen) atoms. The highest BCUT2D eigenvalue weighted by Gasteiger charge is 2.37. The van der Waals surface area contributed by atoms with E-state index in [1.54, 1.807) is 36.4 Å². The van der Waals surface area contributed by atoms with Gasteiger partial charge in [0.15, 0.2) is 0 Å². The zero-order valence-corrected chi connectivity index (χ0v) is 18.6. The largest absolute Gasteiger partial charge is 0.482 e. The maximum atomic E-state index is 6.54. The number of nitrogens with two attached hydrogens (primary N) is 1. The topological polar surface area (TPSA) is 35.2 Å². The standard InChI is InChI=1S/C21H15Cl4NOSi/c1-2-28-21(13-3-9-17(22)19(24)11-13,14-4-10-18(23)20(25)12-14)27-16-7-5-15(26)6-8-16/h2-12H,1,26H2. The molecule has 3 aromatic rings. The Hall–Kier alpha value is -1.62. The van der Waals surface area contributed by atoms with Gasteiger partial charge in [-0.05, 0) is 59.7 Å². The lowest BCUT2D eigenvalue weighted by molar-refractivity contribution is 0.198. The van der Waals surface area contributed by atoms with Crippen molar-refractivity contribution in [3.05, 3.63) is 104 Å². The van der Waals surface area contributed by atoms with E-state index in [1.807, 2.05) is 30.0 Å². The van der Waals surface area contributed by atoms with Crippen molar-refractivity contribution in [1.82, 2.24) is 0 Å². The van der Waals surface area contributed by atoms with Crippen LogP contribution in [0.3, 0.4) is 0 Å². The molecule has 142 valence electrons. The van der Waals surface area contributed by atoms with Crippen molar-refractivity contribution >= 4 is 61.6 Å². The van der Waals surface area contributed by atoms with Gasteiger partial charge in [-0.1, -0.05) is 58.5 Å². The predicted octanol–water partition coefficient (Wildman–Crippen LogP) is 7.01. The highest BCUT2D eigenvalue weighted by atomic mass is 35.5. The van der Waals surface area contributed by atoms with Crippen LogP contribution in [0.5, 0.6) is 5.75 Å². The van der Waals surface area contributed by atoms with Crippen LogP contribution >= 0.6 is 46.4 Å². The third-order valence-electron chi connectivity index (χ3n) is 4.11. The molecule has 0 aliphatic rings. The molecule has 0 aromatic heterocycles. The van der Waals surface area contributed by atoms with Gasteiger partial charge in [-0.3, -0.25) is 0 Å². The van der Waals surface area contributed by atoms with Crippen LogP contribution in [0.25, 0.3) is 0 Å². The predicted molar refractivity (Wildman–Crippen MR) is 121 cm³/mol. The van der Waals surface area contributed by atoms with Crippen LogP contribution < -0.4 is 10.5 Å². The number of rotatable bonds is 6. The monoisotopic (exact) mass is 465 g/mol. The van der Waals surface area contributed by atoms with Crippen molar-refractivity contribution in [2.75, 3.05) is 5.73 Å². The lowest BCUT2D eigenvalue weighted by Gasteiger charge is -2.35. The van der Waals surface area contributed by atoms with Crippen LogP contribution in [0.15, 0.2) is 72.9 Å². The lowest BCUT2D eigenvalue weighted by Crippen LogP contribution is -2.40. The van der Waals surface area contributed by atoms with E-state index in [1.165, 1.54) is 0 Å². The Labute approximate surface area is 186 Å². The van der Waals surface area contributed by atoms with Crippen LogP contribution in [0.2, 0.25) is 20.1 Å². The average Bonchev–Trinajstić information content (AvgIpc) is 2.67. The Kier molecular flexibility index (Phi) is 6.64. The van der Waals surface area contributed by atoms with Crippen molar-refractivity contribution < 1.29 is 4.74 Å². The Morgan fingerprint density at radius 2 is 1.29 bits per heavy atom. The minimum atomic E-state index is -0.916. The summed E-state index contributed by atoms with van der Waals surface area (Å²) in [5, 5.41) is 0.864. The van der Waals surface area contributed by atoms with E-state index in [9.17, 15) is 0 Å². The quantitative estimate of drug-likeness (QED) is 0.313. The van der Waals surface area contributed by atoms with E-state index in [-0.39, 0.29) is 9.52 Å². The molecule has 0 bridgehead atoms. The van der Waals surface area contributed by atoms with Crippen molar-refractivity contribution in [2.45, 2.75) is 5.22 Å². The van der Waals surface area contributed by atoms with E-state index < -0.39 is 5.22 Å². The van der Waals surface area contributed by atoms with Crippen LogP contribution in [0.1, 0.15) is 11.1 Å². The molecule has 3 rings (SSSR count).